The van der Waals surface area contributed by atoms with Gasteiger partial charge in [0.1, 0.15) is 17.5 Å². The maximum absolute atomic E-state index is 6.52. The number of ether oxygens (including phenoxy) is 1. The molecule has 5 rings (SSSR count). The van der Waals surface area contributed by atoms with E-state index < -0.39 is 0 Å². The van der Waals surface area contributed by atoms with Gasteiger partial charge in [-0.05, 0) is 49.2 Å². The molecule has 3 heterocycles. The van der Waals surface area contributed by atoms with E-state index in [4.69, 9.17) is 4.74 Å². The standard InChI is InChI=1S/C24H23N5O/c1-4-22(23-15(2)7-9-20-18(23)6-5-11-25-20)30-17-8-10-21-19(12-17)24(28-27-21)16-13-26-29(3)14-16/h5-14,22H,4H2,1-3H3,(H,27,28). The van der Waals surface area contributed by atoms with Crippen LogP contribution in [0.4, 0.5) is 0 Å². The Labute approximate surface area is 174 Å². The number of H-pyrrole nitrogens is 1. The molecule has 1 N–H and O–H groups in total. The van der Waals surface area contributed by atoms with E-state index in [9.17, 15) is 0 Å². The van der Waals surface area contributed by atoms with Crippen LogP contribution in [-0.4, -0.2) is 25.0 Å². The Morgan fingerprint density at radius 2 is 2.03 bits per heavy atom. The van der Waals surface area contributed by atoms with E-state index in [1.807, 2.05) is 43.8 Å². The highest BCUT2D eigenvalue weighted by Crippen LogP contribution is 2.35. The highest BCUT2D eigenvalue weighted by Gasteiger charge is 2.18. The zero-order valence-electron chi connectivity index (χ0n) is 17.3. The van der Waals surface area contributed by atoms with Crippen LogP contribution < -0.4 is 4.74 Å². The number of aryl methyl sites for hydroxylation is 2. The zero-order chi connectivity index (χ0) is 20.7. The summed E-state index contributed by atoms with van der Waals surface area (Å²) in [4.78, 5) is 4.51. The molecule has 150 valence electrons. The minimum Gasteiger partial charge on any atom is -0.486 e. The number of hydrogen-bond donors (Lipinski definition) is 1. The Balaban J connectivity index is 1.56. The molecule has 5 aromatic rings. The molecular weight excluding hydrogens is 374 g/mol. The van der Waals surface area contributed by atoms with E-state index in [1.165, 1.54) is 11.1 Å². The topological polar surface area (TPSA) is 68.6 Å². The quantitative estimate of drug-likeness (QED) is 0.434. The van der Waals surface area contributed by atoms with Crippen LogP contribution in [0.5, 0.6) is 5.75 Å². The number of fused-ring (bicyclic) bond motifs is 2. The van der Waals surface area contributed by atoms with Crippen LogP contribution in [0.1, 0.15) is 30.6 Å². The third-order valence-electron chi connectivity index (χ3n) is 5.53. The number of nitrogens with zero attached hydrogens (tertiary/aromatic N) is 4. The summed E-state index contributed by atoms with van der Waals surface area (Å²) >= 11 is 0. The van der Waals surface area contributed by atoms with Gasteiger partial charge in [0.2, 0.25) is 0 Å². The van der Waals surface area contributed by atoms with Crippen molar-refractivity contribution in [2.45, 2.75) is 26.4 Å². The summed E-state index contributed by atoms with van der Waals surface area (Å²) in [6.07, 6.45) is 6.41. The molecule has 1 unspecified atom stereocenters. The Bertz CT molecular complexity index is 1350. The third-order valence-corrected chi connectivity index (χ3v) is 5.53. The fraction of sp³-hybridized carbons (Fsp3) is 0.208. The van der Waals surface area contributed by atoms with E-state index >= 15 is 0 Å². The van der Waals surface area contributed by atoms with Crippen molar-refractivity contribution in [1.29, 1.82) is 0 Å². The Morgan fingerprint density at radius 1 is 1.13 bits per heavy atom. The van der Waals surface area contributed by atoms with Crippen molar-refractivity contribution in [3.8, 4) is 17.0 Å². The number of rotatable bonds is 5. The molecule has 0 saturated heterocycles. The Hall–Kier alpha value is -3.67. The first-order valence-corrected chi connectivity index (χ1v) is 10.1. The fourth-order valence-electron chi connectivity index (χ4n) is 4.05. The lowest BCUT2D eigenvalue weighted by Gasteiger charge is -2.22. The number of nitrogens with one attached hydrogen (secondary N) is 1. The van der Waals surface area contributed by atoms with E-state index in [1.54, 1.807) is 4.68 Å². The summed E-state index contributed by atoms with van der Waals surface area (Å²) < 4.78 is 8.30. The lowest BCUT2D eigenvalue weighted by Crippen LogP contribution is -2.09. The molecule has 0 aliphatic heterocycles. The van der Waals surface area contributed by atoms with Gasteiger partial charge in [-0.3, -0.25) is 14.8 Å². The number of aromatic nitrogens is 5. The number of benzene rings is 2. The molecule has 6 heteroatoms. The molecule has 0 bridgehead atoms. The van der Waals surface area contributed by atoms with Crippen molar-refractivity contribution >= 4 is 21.8 Å². The van der Waals surface area contributed by atoms with E-state index in [0.717, 1.165) is 45.2 Å². The van der Waals surface area contributed by atoms with Gasteiger partial charge in [-0.1, -0.05) is 19.1 Å². The molecule has 0 aliphatic rings. The highest BCUT2D eigenvalue weighted by atomic mass is 16.5. The zero-order valence-corrected chi connectivity index (χ0v) is 17.3. The van der Waals surface area contributed by atoms with Gasteiger partial charge in [0.15, 0.2) is 0 Å². The first-order chi connectivity index (χ1) is 14.6. The smallest absolute Gasteiger partial charge is 0.124 e. The predicted octanol–water partition coefficient (Wildman–Crippen LogP) is 5.35. The molecule has 0 amide bonds. The maximum atomic E-state index is 6.52. The molecule has 0 spiro atoms. The van der Waals surface area contributed by atoms with Crippen LogP contribution >= 0.6 is 0 Å². The minimum atomic E-state index is -0.0657. The summed E-state index contributed by atoms with van der Waals surface area (Å²) in [6, 6.07) is 14.4. The largest absolute Gasteiger partial charge is 0.486 e. The van der Waals surface area contributed by atoms with Gasteiger partial charge >= 0.3 is 0 Å². The molecular formula is C24H23N5O. The normalized spacial score (nSPS) is 12.5. The van der Waals surface area contributed by atoms with Gasteiger partial charge in [0.05, 0.1) is 17.2 Å². The summed E-state index contributed by atoms with van der Waals surface area (Å²) in [7, 11) is 1.90. The SMILES string of the molecule is CCC(Oc1ccc2[nH]nc(-c3cnn(C)c3)c2c1)c1c(C)ccc2ncccc12. The van der Waals surface area contributed by atoms with Gasteiger partial charge in [-0.25, -0.2) is 0 Å². The summed E-state index contributed by atoms with van der Waals surface area (Å²) in [5.74, 6) is 0.821. The van der Waals surface area contributed by atoms with Crippen LogP contribution in [0, 0.1) is 6.92 Å². The van der Waals surface area contributed by atoms with E-state index in [-0.39, 0.29) is 6.10 Å². The second kappa shape index (κ2) is 7.30. The van der Waals surface area contributed by atoms with Crippen molar-refractivity contribution in [3.05, 3.63) is 72.2 Å². The lowest BCUT2D eigenvalue weighted by molar-refractivity contribution is 0.202. The van der Waals surface area contributed by atoms with Crippen LogP contribution in [0.25, 0.3) is 33.1 Å². The molecule has 0 fully saturated rings. The van der Waals surface area contributed by atoms with Gasteiger partial charge in [-0.15, -0.1) is 0 Å². The van der Waals surface area contributed by atoms with Crippen molar-refractivity contribution in [3.63, 3.8) is 0 Å². The van der Waals surface area contributed by atoms with Crippen LogP contribution in [0.2, 0.25) is 0 Å². The van der Waals surface area contributed by atoms with Gasteiger partial charge in [-0.2, -0.15) is 10.2 Å². The predicted molar refractivity (Wildman–Crippen MR) is 118 cm³/mol. The van der Waals surface area contributed by atoms with Crippen LogP contribution in [0.15, 0.2) is 61.1 Å². The van der Waals surface area contributed by atoms with Crippen molar-refractivity contribution in [1.82, 2.24) is 25.0 Å². The Morgan fingerprint density at radius 3 is 2.83 bits per heavy atom. The molecule has 2 aromatic carbocycles. The van der Waals surface area contributed by atoms with Crippen molar-refractivity contribution in [2.24, 2.45) is 7.05 Å². The number of aromatic amines is 1. The maximum Gasteiger partial charge on any atom is 0.124 e. The fourth-order valence-corrected chi connectivity index (χ4v) is 4.05. The molecule has 0 saturated carbocycles. The Kier molecular flexibility index (Phi) is 4.47. The second-order valence-electron chi connectivity index (χ2n) is 7.56. The average molecular weight is 397 g/mol. The first-order valence-electron chi connectivity index (χ1n) is 10.1. The van der Waals surface area contributed by atoms with Gasteiger partial charge in [0.25, 0.3) is 0 Å². The molecule has 3 aromatic heterocycles. The van der Waals surface area contributed by atoms with Gasteiger partial charge in [0, 0.05) is 41.3 Å². The first kappa shape index (κ1) is 18.4. The number of hydrogen-bond acceptors (Lipinski definition) is 4. The summed E-state index contributed by atoms with van der Waals surface area (Å²) in [6.45, 7) is 4.28. The molecule has 1 atom stereocenters. The molecule has 6 nitrogen and oxygen atoms in total. The molecule has 0 radical (unpaired) electrons. The van der Waals surface area contributed by atoms with Gasteiger partial charge < -0.3 is 4.74 Å². The molecule has 30 heavy (non-hydrogen) atoms. The number of pyridine rings is 1. The van der Waals surface area contributed by atoms with Crippen LogP contribution in [-0.2, 0) is 7.05 Å². The summed E-state index contributed by atoms with van der Waals surface area (Å²) in [5.41, 5.74) is 6.22. The van der Waals surface area contributed by atoms with E-state index in [2.05, 4.69) is 58.4 Å². The van der Waals surface area contributed by atoms with Crippen molar-refractivity contribution in [2.75, 3.05) is 0 Å². The van der Waals surface area contributed by atoms with E-state index in [0.29, 0.717) is 0 Å². The summed E-state index contributed by atoms with van der Waals surface area (Å²) in [5, 5.41) is 14.0. The lowest BCUT2D eigenvalue weighted by atomic mass is 9.96. The van der Waals surface area contributed by atoms with Crippen molar-refractivity contribution < 1.29 is 4.74 Å². The minimum absolute atomic E-state index is 0.0657. The second-order valence-corrected chi connectivity index (χ2v) is 7.56. The highest BCUT2D eigenvalue weighted by molar-refractivity contribution is 5.93. The third kappa shape index (κ3) is 3.10. The monoisotopic (exact) mass is 397 g/mol. The average Bonchev–Trinajstić information content (AvgIpc) is 3.38. The molecule has 0 aliphatic carbocycles. The van der Waals surface area contributed by atoms with Crippen LogP contribution in [0.3, 0.4) is 0 Å².